The highest BCUT2D eigenvalue weighted by molar-refractivity contribution is 5.65. The zero-order valence-corrected chi connectivity index (χ0v) is 50.3. The van der Waals surface area contributed by atoms with Gasteiger partial charge in [-0.1, -0.05) is 89.5 Å². The molecule has 7 N–H and O–H groups in total. The molecule has 1 heterocycles. The average Bonchev–Trinajstić information content (AvgIpc) is 3.63. The van der Waals surface area contributed by atoms with Gasteiger partial charge in [-0.2, -0.15) is 0 Å². The van der Waals surface area contributed by atoms with Crippen LogP contribution < -0.4 is 9.80 Å². The van der Waals surface area contributed by atoms with Crippen molar-refractivity contribution >= 4 is 11.4 Å². The van der Waals surface area contributed by atoms with E-state index >= 15 is 0 Å². The van der Waals surface area contributed by atoms with E-state index < -0.39 is 0 Å². The number of pyridine rings is 1. The van der Waals surface area contributed by atoms with E-state index in [1.807, 2.05) is 185 Å². The van der Waals surface area contributed by atoms with Gasteiger partial charge in [0.15, 0.2) is 0 Å². The predicted molar refractivity (Wildman–Crippen MR) is 331 cm³/mol. The summed E-state index contributed by atoms with van der Waals surface area (Å²) in [5, 5.41) is 81.2. The summed E-state index contributed by atoms with van der Waals surface area (Å²) in [6.45, 7) is 27.1. The summed E-state index contributed by atoms with van der Waals surface area (Å²) in [6, 6.07) is 31.7. The summed E-state index contributed by atoms with van der Waals surface area (Å²) in [7, 11) is 1.95. The van der Waals surface area contributed by atoms with Gasteiger partial charge in [-0.05, 0) is 175 Å². The fraction of sp³-hybridized carbons (Fsp3) is 0.329. The number of rotatable bonds is 21. The monoisotopic (exact) mass is 1110 g/mol. The highest BCUT2D eigenvalue weighted by Crippen LogP contribution is 2.39. The van der Waals surface area contributed by atoms with Crippen molar-refractivity contribution < 1.29 is 35.7 Å². The zero-order valence-electron chi connectivity index (χ0n) is 50.3. The molecule has 12 nitrogen and oxygen atoms in total. The molecule has 0 amide bonds. The highest BCUT2D eigenvalue weighted by atomic mass is 16.3. The van der Waals surface area contributed by atoms with Gasteiger partial charge in [-0.3, -0.25) is 14.8 Å². The molecule has 0 atom stereocenters. The third-order valence-electron chi connectivity index (χ3n) is 16.0. The number of phenolic OH excluding ortho intramolecular Hbond substituents is 7. The summed E-state index contributed by atoms with van der Waals surface area (Å²) >= 11 is 0. The van der Waals surface area contributed by atoms with Crippen molar-refractivity contribution in [2.45, 2.75) is 135 Å². The van der Waals surface area contributed by atoms with Gasteiger partial charge in [0.2, 0.25) is 0 Å². The van der Waals surface area contributed by atoms with Crippen LogP contribution in [0.1, 0.15) is 117 Å². The van der Waals surface area contributed by atoms with Gasteiger partial charge in [0, 0.05) is 106 Å². The fourth-order valence-electron chi connectivity index (χ4n) is 11.9. The molecule has 0 fully saturated rings. The molecule has 0 aliphatic heterocycles. The number of hydrogen-bond acceptors (Lipinski definition) is 12. The Labute approximate surface area is 485 Å². The molecule has 0 aliphatic carbocycles. The molecule has 0 saturated heterocycles. The van der Waals surface area contributed by atoms with Gasteiger partial charge >= 0.3 is 0 Å². The Kier molecular flexibility index (Phi) is 18.5. The first-order chi connectivity index (χ1) is 38.8. The lowest BCUT2D eigenvalue weighted by Gasteiger charge is -2.31. The molecule has 12 heteroatoms. The number of aryl methyl sites for hydroxylation is 11. The summed E-state index contributed by atoms with van der Waals surface area (Å²) in [5.41, 5.74) is 19.3. The van der Waals surface area contributed by atoms with Crippen molar-refractivity contribution in [1.82, 2.24) is 14.8 Å². The molecule has 82 heavy (non-hydrogen) atoms. The first-order valence-electron chi connectivity index (χ1n) is 28.3. The number of anilines is 2. The molecular weight excluding hydrogens is 1020 g/mol. The second kappa shape index (κ2) is 25.3. The zero-order chi connectivity index (χ0) is 59.4. The number of aromatic nitrogens is 1. The minimum Gasteiger partial charge on any atom is -0.507 e. The van der Waals surface area contributed by atoms with Crippen LogP contribution in [0, 0.1) is 83.1 Å². The summed E-state index contributed by atoms with van der Waals surface area (Å²) < 4.78 is 0. The van der Waals surface area contributed by atoms with Gasteiger partial charge in [-0.25, -0.2) is 0 Å². The van der Waals surface area contributed by atoms with Crippen LogP contribution in [0.2, 0.25) is 0 Å². The van der Waals surface area contributed by atoms with Crippen molar-refractivity contribution in [3.8, 4) is 40.2 Å². The lowest BCUT2D eigenvalue weighted by Crippen LogP contribution is -2.33. The lowest BCUT2D eigenvalue weighted by molar-refractivity contribution is 0.237. The third-order valence-corrected chi connectivity index (χ3v) is 16.0. The van der Waals surface area contributed by atoms with Gasteiger partial charge in [0.1, 0.15) is 40.2 Å². The van der Waals surface area contributed by atoms with Crippen LogP contribution in [-0.2, 0) is 52.2 Å². The Morgan fingerprint density at radius 3 is 1.29 bits per heavy atom. The molecule has 0 saturated carbocycles. The Hall–Kier alpha value is -8.19. The first-order valence-corrected chi connectivity index (χ1v) is 28.3. The number of aromatic hydroxyl groups is 7. The Balaban J connectivity index is 1.06. The lowest BCUT2D eigenvalue weighted by atomic mass is 9.91. The average molecular weight is 1110 g/mol. The highest BCUT2D eigenvalue weighted by Gasteiger charge is 2.24. The van der Waals surface area contributed by atoms with Crippen molar-refractivity contribution in [2.24, 2.45) is 0 Å². The number of likely N-dealkylation sites (N-methyl/N-ethyl adjacent to an activating group) is 1. The van der Waals surface area contributed by atoms with Crippen LogP contribution >= 0.6 is 0 Å². The van der Waals surface area contributed by atoms with Crippen molar-refractivity contribution in [1.29, 1.82) is 0 Å². The maximum absolute atomic E-state index is 12.3. The molecule has 0 radical (unpaired) electrons. The minimum absolute atomic E-state index is 0.144. The van der Waals surface area contributed by atoms with E-state index in [0.717, 1.165) is 111 Å². The quantitative estimate of drug-likeness (QED) is 0.0364. The number of phenols is 7. The summed E-state index contributed by atoms with van der Waals surface area (Å²) in [4.78, 5) is 13.1. The minimum atomic E-state index is 0.144. The maximum Gasteiger partial charge on any atom is 0.143 e. The van der Waals surface area contributed by atoms with Crippen LogP contribution in [0.3, 0.4) is 0 Å². The van der Waals surface area contributed by atoms with Crippen molar-refractivity contribution in [2.75, 3.05) is 29.9 Å². The number of nitrogens with zero attached hydrogens (tertiary/aromatic N) is 5. The summed E-state index contributed by atoms with van der Waals surface area (Å²) in [5.74, 6) is 1.42. The molecule has 0 bridgehead atoms. The Morgan fingerprint density at radius 1 is 0.366 bits per heavy atom. The topological polar surface area (TPSA) is 167 Å². The molecule has 7 aromatic carbocycles. The van der Waals surface area contributed by atoms with Crippen LogP contribution in [0.5, 0.6) is 40.2 Å². The second-order valence-electron chi connectivity index (χ2n) is 23.4. The number of hydrogen-bond donors (Lipinski definition) is 7. The second-order valence-corrected chi connectivity index (χ2v) is 23.4. The predicted octanol–water partition coefficient (Wildman–Crippen LogP) is 13.9. The van der Waals surface area contributed by atoms with Gasteiger partial charge < -0.3 is 45.5 Å². The summed E-state index contributed by atoms with van der Waals surface area (Å²) in [6.07, 6.45) is 2.27. The van der Waals surface area contributed by atoms with E-state index in [0.29, 0.717) is 82.3 Å². The van der Waals surface area contributed by atoms with Crippen LogP contribution in [-0.4, -0.2) is 70.7 Å². The molecule has 1 aromatic heterocycles. The standard InChI is InChI=1S/C70H83N5O7/c1-41-20-47(7)64(76)54(24-41)34-73(35-55-25-42(2)21-48(8)65(55)77)37-58-31-46(6)61(52(12)69(58)81)33-53-30-51(11)67(79)59(32-53)38-74(40-60-16-14-15-17-71-60)36-56-27-45(5)28-62(70(56)82)72(13)18-19-75(63-29-44(4)23-50(10)68(63)80)39-57-26-43(3)22-49(9)66(57)78/h14-17,20-32,76-82H,18-19,33-40H2,1-13H3. The molecular formula is C70H83N5O7. The fourth-order valence-corrected chi connectivity index (χ4v) is 11.9. The maximum atomic E-state index is 12.3. The van der Waals surface area contributed by atoms with E-state index in [9.17, 15) is 35.7 Å². The molecule has 430 valence electrons. The van der Waals surface area contributed by atoms with E-state index in [1.54, 1.807) is 6.20 Å². The molecule has 8 rings (SSSR count). The van der Waals surface area contributed by atoms with Crippen LogP contribution in [0.4, 0.5) is 11.4 Å². The first kappa shape index (κ1) is 59.9. The van der Waals surface area contributed by atoms with E-state index in [2.05, 4.69) is 26.6 Å². The van der Waals surface area contributed by atoms with Gasteiger partial charge in [0.05, 0.1) is 17.1 Å². The van der Waals surface area contributed by atoms with Gasteiger partial charge in [-0.15, -0.1) is 0 Å². The smallest absolute Gasteiger partial charge is 0.143 e. The number of benzene rings is 7. The van der Waals surface area contributed by atoms with E-state index in [4.69, 9.17) is 0 Å². The Bertz CT molecular complexity index is 3590. The van der Waals surface area contributed by atoms with Gasteiger partial charge in [0.25, 0.3) is 0 Å². The van der Waals surface area contributed by atoms with Crippen LogP contribution in [0.15, 0.2) is 103 Å². The van der Waals surface area contributed by atoms with Crippen LogP contribution in [0.25, 0.3) is 0 Å². The molecule has 0 aliphatic rings. The Morgan fingerprint density at radius 2 is 0.780 bits per heavy atom. The largest absolute Gasteiger partial charge is 0.507 e. The van der Waals surface area contributed by atoms with E-state index in [-0.39, 0.29) is 40.2 Å². The molecule has 0 spiro atoms. The SMILES string of the molecule is Cc1cc(C)c(O)c(CN(Cc2cc(C)cc(C)c2O)Cc2cc(C)c(Cc3cc(C)c(O)c(CN(Cc4ccccn4)Cc4cc(C)cc(N(C)CCN(Cc5cc(C)cc(C)c5O)c5cc(C)cc(C)c5O)c4O)c3)c(C)c2O)c1. The van der Waals surface area contributed by atoms with E-state index in [1.165, 1.54) is 0 Å². The van der Waals surface area contributed by atoms with Crippen molar-refractivity contribution in [3.63, 3.8) is 0 Å². The van der Waals surface area contributed by atoms with Crippen molar-refractivity contribution in [3.05, 3.63) is 220 Å². The normalized spacial score (nSPS) is 11.5. The molecule has 8 aromatic rings. The third kappa shape index (κ3) is 13.9. The molecule has 0 unspecified atom stereocenters.